The van der Waals surface area contributed by atoms with E-state index in [2.05, 4.69) is 0 Å². The molecule has 2 nitrogen and oxygen atoms in total. The zero-order valence-corrected chi connectivity index (χ0v) is 7.67. The molecule has 12 heavy (non-hydrogen) atoms. The molecule has 0 aromatic heterocycles. The molecule has 1 heterocycles. The lowest BCUT2D eigenvalue weighted by Crippen LogP contribution is -2.27. The van der Waals surface area contributed by atoms with Crippen molar-refractivity contribution in [2.24, 2.45) is 17.6 Å². The molecule has 3 unspecified atom stereocenters. The second kappa shape index (κ2) is 3.75. The molecule has 0 radical (unpaired) electrons. The Balaban J connectivity index is 1.81. The molecular weight excluding hydrogens is 150 g/mol. The molecule has 1 saturated carbocycles. The Morgan fingerprint density at radius 1 is 1.17 bits per heavy atom. The highest BCUT2D eigenvalue weighted by Crippen LogP contribution is 2.35. The fraction of sp³-hybridized carbons (Fsp3) is 1.00. The maximum atomic E-state index is 5.75. The molecule has 2 N–H and O–H groups in total. The van der Waals surface area contributed by atoms with Crippen LogP contribution in [-0.4, -0.2) is 19.3 Å². The van der Waals surface area contributed by atoms with Crippen LogP contribution in [0, 0.1) is 11.8 Å². The summed E-state index contributed by atoms with van der Waals surface area (Å²) in [5.41, 5.74) is 5.75. The molecular formula is C10H19NO. The van der Waals surface area contributed by atoms with Gasteiger partial charge in [0.25, 0.3) is 0 Å². The van der Waals surface area contributed by atoms with Crippen molar-refractivity contribution in [1.82, 2.24) is 0 Å². The van der Waals surface area contributed by atoms with Crippen LogP contribution in [0.3, 0.4) is 0 Å². The smallest absolute Gasteiger partial charge is 0.0812 e. The molecule has 2 rings (SSSR count). The first-order chi connectivity index (χ1) is 5.90. The number of epoxide rings is 1. The maximum Gasteiger partial charge on any atom is 0.0812 e. The highest BCUT2D eigenvalue weighted by molar-refractivity contribution is 4.81. The Morgan fingerprint density at radius 2 is 1.83 bits per heavy atom. The van der Waals surface area contributed by atoms with Gasteiger partial charge in [-0.15, -0.1) is 0 Å². The summed E-state index contributed by atoms with van der Waals surface area (Å²) in [5, 5.41) is 0. The predicted octanol–water partition coefficient (Wildman–Crippen LogP) is 1.54. The van der Waals surface area contributed by atoms with Gasteiger partial charge in [-0.25, -0.2) is 0 Å². The van der Waals surface area contributed by atoms with Crippen LogP contribution in [0.1, 0.15) is 32.1 Å². The Bertz CT molecular complexity index is 145. The van der Waals surface area contributed by atoms with Crippen molar-refractivity contribution in [1.29, 1.82) is 0 Å². The quantitative estimate of drug-likeness (QED) is 0.651. The highest BCUT2D eigenvalue weighted by atomic mass is 16.6. The summed E-state index contributed by atoms with van der Waals surface area (Å²) in [4.78, 5) is 0. The van der Waals surface area contributed by atoms with Crippen molar-refractivity contribution < 1.29 is 4.74 Å². The van der Waals surface area contributed by atoms with Crippen molar-refractivity contribution >= 4 is 0 Å². The van der Waals surface area contributed by atoms with Crippen molar-refractivity contribution in [2.45, 2.75) is 38.2 Å². The first-order valence-electron chi connectivity index (χ1n) is 5.22. The average molecular weight is 169 g/mol. The molecule has 1 saturated heterocycles. The lowest BCUT2D eigenvalue weighted by Gasteiger charge is -2.30. The van der Waals surface area contributed by atoms with Crippen LogP contribution in [0.15, 0.2) is 0 Å². The van der Waals surface area contributed by atoms with Crippen LogP contribution in [0.25, 0.3) is 0 Å². The van der Waals surface area contributed by atoms with E-state index in [4.69, 9.17) is 10.5 Å². The van der Waals surface area contributed by atoms with Crippen LogP contribution in [0.4, 0.5) is 0 Å². The third-order valence-corrected chi connectivity index (χ3v) is 3.34. The second-order valence-corrected chi connectivity index (χ2v) is 4.23. The number of nitrogens with two attached hydrogens (primary N) is 1. The van der Waals surface area contributed by atoms with Gasteiger partial charge in [0.05, 0.1) is 12.7 Å². The van der Waals surface area contributed by atoms with Gasteiger partial charge in [0.2, 0.25) is 0 Å². The van der Waals surface area contributed by atoms with E-state index in [1.165, 1.54) is 32.1 Å². The van der Waals surface area contributed by atoms with Gasteiger partial charge in [0.1, 0.15) is 0 Å². The van der Waals surface area contributed by atoms with Gasteiger partial charge in [-0.2, -0.15) is 0 Å². The number of hydrogen-bond donors (Lipinski definition) is 1. The molecule has 1 aliphatic carbocycles. The van der Waals surface area contributed by atoms with E-state index in [1.807, 2.05) is 0 Å². The molecule has 1 aliphatic heterocycles. The third kappa shape index (κ3) is 1.99. The van der Waals surface area contributed by atoms with Gasteiger partial charge in [-0.05, 0) is 31.2 Å². The molecule has 2 heteroatoms. The number of ether oxygens (including phenoxy) is 1. The largest absolute Gasteiger partial charge is 0.373 e. The summed E-state index contributed by atoms with van der Waals surface area (Å²) in [6.45, 7) is 1.89. The maximum absolute atomic E-state index is 5.75. The summed E-state index contributed by atoms with van der Waals surface area (Å²) in [7, 11) is 0. The normalized spacial score (nSPS) is 41.2. The van der Waals surface area contributed by atoms with Gasteiger partial charge in [-0.3, -0.25) is 0 Å². The zero-order chi connectivity index (χ0) is 8.39. The van der Waals surface area contributed by atoms with Crippen LogP contribution < -0.4 is 5.73 Å². The van der Waals surface area contributed by atoms with Gasteiger partial charge in [-0.1, -0.05) is 19.3 Å². The monoisotopic (exact) mass is 169 g/mol. The predicted molar refractivity (Wildman–Crippen MR) is 48.9 cm³/mol. The highest BCUT2D eigenvalue weighted by Gasteiger charge is 2.31. The van der Waals surface area contributed by atoms with Crippen LogP contribution in [0.2, 0.25) is 0 Å². The van der Waals surface area contributed by atoms with E-state index in [0.717, 1.165) is 25.0 Å². The number of hydrogen-bond acceptors (Lipinski definition) is 2. The lowest BCUT2D eigenvalue weighted by atomic mass is 9.77. The van der Waals surface area contributed by atoms with Crippen molar-refractivity contribution in [3.8, 4) is 0 Å². The molecule has 0 amide bonds. The molecule has 0 aromatic rings. The van der Waals surface area contributed by atoms with Gasteiger partial charge in [0, 0.05) is 0 Å². The van der Waals surface area contributed by atoms with Crippen molar-refractivity contribution in [3.05, 3.63) is 0 Å². The van der Waals surface area contributed by atoms with E-state index in [0.29, 0.717) is 6.10 Å². The minimum Gasteiger partial charge on any atom is -0.373 e. The van der Waals surface area contributed by atoms with Crippen LogP contribution in [-0.2, 0) is 4.74 Å². The Hall–Kier alpha value is -0.0800. The number of rotatable bonds is 3. The SMILES string of the molecule is NCC1CCCCC1CC1CO1. The summed E-state index contributed by atoms with van der Waals surface area (Å²) in [5.74, 6) is 1.67. The topological polar surface area (TPSA) is 38.5 Å². The summed E-state index contributed by atoms with van der Waals surface area (Å²) >= 11 is 0. The van der Waals surface area contributed by atoms with Gasteiger partial charge >= 0.3 is 0 Å². The molecule has 0 spiro atoms. The van der Waals surface area contributed by atoms with E-state index < -0.39 is 0 Å². The Kier molecular flexibility index (Phi) is 2.66. The standard InChI is InChI=1S/C10H19NO/c11-6-9-4-2-1-3-8(9)5-10-7-12-10/h8-10H,1-7,11H2. The van der Waals surface area contributed by atoms with E-state index >= 15 is 0 Å². The molecule has 0 bridgehead atoms. The Morgan fingerprint density at radius 3 is 2.42 bits per heavy atom. The van der Waals surface area contributed by atoms with Crippen LogP contribution in [0.5, 0.6) is 0 Å². The van der Waals surface area contributed by atoms with E-state index in [-0.39, 0.29) is 0 Å². The molecule has 2 aliphatic rings. The molecule has 70 valence electrons. The summed E-state index contributed by atoms with van der Waals surface area (Å²) in [6.07, 6.45) is 7.43. The summed E-state index contributed by atoms with van der Waals surface area (Å²) < 4.78 is 5.26. The Labute approximate surface area is 74.5 Å². The minimum atomic E-state index is 0.599. The van der Waals surface area contributed by atoms with Crippen molar-refractivity contribution in [3.63, 3.8) is 0 Å². The average Bonchev–Trinajstić information content (AvgIpc) is 2.89. The van der Waals surface area contributed by atoms with Crippen LogP contribution >= 0.6 is 0 Å². The molecule has 3 atom stereocenters. The fourth-order valence-corrected chi connectivity index (χ4v) is 2.45. The third-order valence-electron chi connectivity index (χ3n) is 3.34. The van der Waals surface area contributed by atoms with Gasteiger partial charge in [0.15, 0.2) is 0 Å². The second-order valence-electron chi connectivity index (χ2n) is 4.23. The first-order valence-corrected chi connectivity index (χ1v) is 5.22. The molecule has 0 aromatic carbocycles. The lowest BCUT2D eigenvalue weighted by molar-refractivity contribution is 0.211. The molecule has 2 fully saturated rings. The van der Waals surface area contributed by atoms with Crippen molar-refractivity contribution in [2.75, 3.05) is 13.2 Å². The first kappa shape index (κ1) is 8.52. The van der Waals surface area contributed by atoms with E-state index in [1.54, 1.807) is 0 Å². The van der Waals surface area contributed by atoms with E-state index in [9.17, 15) is 0 Å². The zero-order valence-electron chi connectivity index (χ0n) is 7.67. The summed E-state index contributed by atoms with van der Waals surface area (Å²) in [6, 6.07) is 0. The minimum absolute atomic E-state index is 0.599. The van der Waals surface area contributed by atoms with Gasteiger partial charge < -0.3 is 10.5 Å². The fourth-order valence-electron chi connectivity index (χ4n) is 2.45.